The first kappa shape index (κ1) is 25.0. The molecule has 6 N–H and O–H groups in total. The zero-order valence-electron chi connectivity index (χ0n) is 17.8. The molecule has 0 radical (unpaired) electrons. The highest BCUT2D eigenvalue weighted by molar-refractivity contribution is 6.42. The highest BCUT2D eigenvalue weighted by atomic mass is 35.5. The molecule has 0 bridgehead atoms. The number of rotatable bonds is 11. The van der Waals surface area contributed by atoms with Crippen LogP contribution in [0.2, 0.25) is 16.4 Å². The first-order chi connectivity index (χ1) is 15.2. The van der Waals surface area contributed by atoms with Gasteiger partial charge in [-0.3, -0.25) is 4.79 Å². The van der Waals surface area contributed by atoms with Gasteiger partial charge in [-0.25, -0.2) is 0 Å². The Hall–Kier alpha value is -1.61. The lowest BCUT2D eigenvalue weighted by molar-refractivity contribution is -0.148. The lowest BCUT2D eigenvalue weighted by atomic mass is 9.66. The van der Waals surface area contributed by atoms with E-state index in [9.17, 15) is 9.90 Å². The molecule has 3 rings (SSSR count). The van der Waals surface area contributed by atoms with Crippen LogP contribution in [0.4, 0.5) is 0 Å². The number of nitrogens with two attached hydrogens (primary N) is 1. The highest BCUT2D eigenvalue weighted by Gasteiger charge is 2.48. The summed E-state index contributed by atoms with van der Waals surface area (Å²) in [6.45, 7) is 0.693. The summed E-state index contributed by atoms with van der Waals surface area (Å²) in [6, 6.07) is 14.0. The van der Waals surface area contributed by atoms with Gasteiger partial charge in [0.05, 0.1) is 10.0 Å². The van der Waals surface area contributed by atoms with Crippen LogP contribution in [0.25, 0.3) is 11.1 Å². The van der Waals surface area contributed by atoms with Crippen molar-refractivity contribution in [3.8, 4) is 11.1 Å². The second-order valence-corrected chi connectivity index (χ2v) is 9.46. The molecule has 0 amide bonds. The Kier molecular flexibility index (Phi) is 8.61. The number of benzene rings is 2. The fourth-order valence-electron chi connectivity index (χ4n) is 4.19. The highest BCUT2D eigenvalue weighted by Crippen LogP contribution is 2.38. The van der Waals surface area contributed by atoms with Gasteiger partial charge in [-0.2, -0.15) is 0 Å². The third kappa shape index (κ3) is 6.25. The lowest BCUT2D eigenvalue weighted by Crippen LogP contribution is -2.61. The topological polar surface area (TPSA) is 116 Å². The molecule has 1 atom stereocenters. The van der Waals surface area contributed by atoms with Crippen molar-refractivity contribution < 1.29 is 19.9 Å². The summed E-state index contributed by atoms with van der Waals surface area (Å²) in [4.78, 5) is 11.8. The van der Waals surface area contributed by atoms with Gasteiger partial charge in [0.25, 0.3) is 0 Å². The quantitative estimate of drug-likeness (QED) is 0.246. The Balaban J connectivity index is 1.47. The number of carboxylic acids is 1. The number of nitrogens with one attached hydrogen (secondary N) is 1. The Morgan fingerprint density at radius 3 is 2.31 bits per heavy atom. The van der Waals surface area contributed by atoms with Crippen LogP contribution in [0.1, 0.15) is 37.7 Å². The lowest BCUT2D eigenvalue weighted by Gasteiger charge is -2.45. The number of hydrogen-bond donors (Lipinski definition) is 5. The maximum Gasteiger partial charge on any atom is 0.451 e. The molecule has 1 aliphatic carbocycles. The summed E-state index contributed by atoms with van der Waals surface area (Å²) in [7, 11) is -1.36. The monoisotopic (exact) mass is 478 g/mol. The molecule has 0 aliphatic heterocycles. The van der Waals surface area contributed by atoms with Crippen LogP contribution in [0.3, 0.4) is 0 Å². The van der Waals surface area contributed by atoms with Gasteiger partial charge in [-0.15, -0.1) is 0 Å². The molecule has 0 spiro atoms. The normalized spacial score (nSPS) is 19.8. The minimum absolute atomic E-state index is 0.0893. The van der Waals surface area contributed by atoms with Gasteiger partial charge in [-0.1, -0.05) is 66.4 Å². The molecule has 1 fully saturated rings. The van der Waals surface area contributed by atoms with Crippen LogP contribution in [0.5, 0.6) is 0 Å². The van der Waals surface area contributed by atoms with E-state index in [0.717, 1.165) is 16.7 Å². The number of unbranched alkanes of at least 4 members (excludes halogenated alkanes) is 1. The predicted molar refractivity (Wildman–Crippen MR) is 129 cm³/mol. The van der Waals surface area contributed by atoms with Crippen molar-refractivity contribution >= 4 is 36.3 Å². The molecule has 0 saturated heterocycles. The minimum atomic E-state index is -1.36. The number of carbonyl (C=O) groups is 1. The molecule has 1 saturated carbocycles. The summed E-state index contributed by atoms with van der Waals surface area (Å²) in [6.07, 6.45) is 3.09. The smallest absolute Gasteiger partial charge is 0.451 e. The summed E-state index contributed by atoms with van der Waals surface area (Å²) >= 11 is 12.1. The molecule has 172 valence electrons. The first-order valence-electron chi connectivity index (χ1n) is 10.8. The van der Waals surface area contributed by atoms with E-state index in [1.54, 1.807) is 6.07 Å². The van der Waals surface area contributed by atoms with Crippen LogP contribution in [-0.2, 0) is 11.3 Å². The molecule has 2 aromatic carbocycles. The molecule has 9 heteroatoms. The fraction of sp³-hybridized carbons (Fsp3) is 0.435. The summed E-state index contributed by atoms with van der Waals surface area (Å²) in [5.41, 5.74) is 8.18. The largest absolute Gasteiger partial charge is 0.480 e. The predicted octanol–water partition coefficient (Wildman–Crippen LogP) is 3.95. The standard InChI is InChI=1S/C23H29BCl2N2O4/c25-20-8-7-17(11-21(20)26)16-5-3-15(4-6-16)14-28-19-12-18(13-19)23(27,22(29)30)9-1-2-10-24(31)32/h3-8,11,18-19,28,31-32H,1-2,9-10,12-14,27H2,(H,29,30)/t18?,19?,23-/m0/s1. The molecule has 2 aromatic rings. The molecular formula is C23H29BCl2N2O4. The van der Waals surface area contributed by atoms with E-state index < -0.39 is 18.6 Å². The molecule has 0 unspecified atom stereocenters. The zero-order chi connectivity index (χ0) is 23.3. The van der Waals surface area contributed by atoms with Crippen molar-refractivity contribution in [1.82, 2.24) is 5.32 Å². The van der Waals surface area contributed by atoms with Gasteiger partial charge in [-0.05, 0) is 60.3 Å². The Morgan fingerprint density at radius 1 is 1.06 bits per heavy atom. The molecule has 1 aliphatic rings. The van der Waals surface area contributed by atoms with E-state index in [-0.39, 0.29) is 18.3 Å². The SMILES string of the molecule is N[C@](CCCCB(O)O)(C(=O)O)C1CC(NCc2ccc(-c3ccc(Cl)c(Cl)c3)cc2)C1. The van der Waals surface area contributed by atoms with Crippen LogP contribution in [0, 0.1) is 5.92 Å². The summed E-state index contributed by atoms with van der Waals surface area (Å²) in [5, 5.41) is 32.1. The first-order valence-corrected chi connectivity index (χ1v) is 11.6. The van der Waals surface area contributed by atoms with E-state index >= 15 is 0 Å². The van der Waals surface area contributed by atoms with Crippen molar-refractivity contribution in [3.05, 3.63) is 58.1 Å². The van der Waals surface area contributed by atoms with Crippen LogP contribution in [-0.4, -0.2) is 39.8 Å². The van der Waals surface area contributed by atoms with E-state index in [1.807, 2.05) is 24.3 Å². The average molecular weight is 479 g/mol. The molecular weight excluding hydrogens is 450 g/mol. The Bertz CT molecular complexity index is 923. The van der Waals surface area contributed by atoms with E-state index in [0.29, 0.717) is 48.7 Å². The van der Waals surface area contributed by atoms with Crippen LogP contribution >= 0.6 is 23.2 Å². The Labute approximate surface area is 198 Å². The van der Waals surface area contributed by atoms with E-state index in [2.05, 4.69) is 17.4 Å². The van der Waals surface area contributed by atoms with Crippen molar-refractivity contribution in [3.63, 3.8) is 0 Å². The van der Waals surface area contributed by atoms with Crippen molar-refractivity contribution in [2.75, 3.05) is 0 Å². The van der Waals surface area contributed by atoms with Crippen LogP contribution < -0.4 is 11.1 Å². The second kappa shape index (κ2) is 11.0. The van der Waals surface area contributed by atoms with E-state index in [4.69, 9.17) is 39.0 Å². The second-order valence-electron chi connectivity index (χ2n) is 8.64. The molecule has 6 nitrogen and oxygen atoms in total. The number of carboxylic acid groups (broad SMARTS) is 1. The maximum atomic E-state index is 11.8. The van der Waals surface area contributed by atoms with Crippen molar-refractivity contribution in [1.29, 1.82) is 0 Å². The summed E-state index contributed by atoms with van der Waals surface area (Å²) in [5.74, 6) is -1.07. The Morgan fingerprint density at radius 2 is 1.72 bits per heavy atom. The van der Waals surface area contributed by atoms with Gasteiger partial charge in [0.15, 0.2) is 0 Å². The van der Waals surface area contributed by atoms with Gasteiger partial charge < -0.3 is 26.2 Å². The van der Waals surface area contributed by atoms with Gasteiger partial charge in [0.2, 0.25) is 0 Å². The van der Waals surface area contributed by atoms with Gasteiger partial charge in [0.1, 0.15) is 5.54 Å². The van der Waals surface area contributed by atoms with Crippen molar-refractivity contribution in [2.24, 2.45) is 11.7 Å². The van der Waals surface area contributed by atoms with Gasteiger partial charge >= 0.3 is 13.1 Å². The third-order valence-electron chi connectivity index (χ3n) is 6.37. The van der Waals surface area contributed by atoms with E-state index in [1.165, 1.54) is 0 Å². The van der Waals surface area contributed by atoms with Crippen molar-refractivity contribution in [2.45, 2.75) is 56.5 Å². The number of halogens is 2. The molecule has 32 heavy (non-hydrogen) atoms. The van der Waals surface area contributed by atoms with Crippen LogP contribution in [0.15, 0.2) is 42.5 Å². The number of aliphatic carboxylic acids is 1. The average Bonchev–Trinajstić information content (AvgIpc) is 2.72. The summed E-state index contributed by atoms with van der Waals surface area (Å²) < 4.78 is 0. The van der Waals surface area contributed by atoms with Gasteiger partial charge in [0, 0.05) is 12.6 Å². The zero-order valence-corrected chi connectivity index (χ0v) is 19.3. The third-order valence-corrected chi connectivity index (χ3v) is 7.11. The number of hydrogen-bond acceptors (Lipinski definition) is 5. The minimum Gasteiger partial charge on any atom is -0.480 e. The fourth-order valence-corrected chi connectivity index (χ4v) is 4.49. The molecule has 0 heterocycles. The molecule has 0 aromatic heterocycles. The maximum absolute atomic E-state index is 11.8.